The largest absolute Gasteiger partial charge is 0.493 e. The van der Waals surface area contributed by atoms with Gasteiger partial charge in [0.1, 0.15) is 5.78 Å². The van der Waals surface area contributed by atoms with Crippen LogP contribution < -0.4 is 9.47 Å². The van der Waals surface area contributed by atoms with Crippen LogP contribution >= 0.6 is 0 Å². The molecule has 4 heteroatoms. The SMILES string of the molecule is COc1ccc2c(c1OC)[C@]13CCC(=O)C[C@H]1[C@H](C2)N(C)CC3. The van der Waals surface area contributed by atoms with E-state index in [-0.39, 0.29) is 5.41 Å². The second-order valence-electron chi connectivity index (χ2n) is 7.34. The number of Topliss-reactive ketones (excluding diaryl/α,β-unsaturated/α-hetero) is 1. The first-order valence-electron chi connectivity index (χ1n) is 8.57. The highest BCUT2D eigenvalue weighted by Gasteiger charge is 2.56. The Morgan fingerprint density at radius 3 is 2.74 bits per heavy atom. The number of carbonyl (C=O) groups is 1. The standard InChI is InChI=1S/C19H25NO3/c1-20-9-8-19-7-6-13(21)11-14(19)15(20)10-12-4-5-16(22-2)18(23-3)17(12)19/h4-5,14-15H,6-11H2,1-3H3/t14-,15-,19-/m0/s1. The van der Waals surface area contributed by atoms with Crippen molar-refractivity contribution in [3.8, 4) is 11.5 Å². The van der Waals surface area contributed by atoms with E-state index in [1.54, 1.807) is 14.2 Å². The van der Waals surface area contributed by atoms with Gasteiger partial charge < -0.3 is 14.4 Å². The number of fused-ring (bicyclic) bond motifs is 1. The van der Waals surface area contributed by atoms with E-state index >= 15 is 0 Å². The highest BCUT2D eigenvalue weighted by Crippen LogP contribution is 2.58. The van der Waals surface area contributed by atoms with Gasteiger partial charge in [-0.2, -0.15) is 0 Å². The van der Waals surface area contributed by atoms with Crippen molar-refractivity contribution in [3.05, 3.63) is 23.3 Å². The van der Waals surface area contributed by atoms with Crippen LogP contribution in [0.2, 0.25) is 0 Å². The van der Waals surface area contributed by atoms with Crippen LogP contribution in [0.5, 0.6) is 11.5 Å². The number of hydrogen-bond acceptors (Lipinski definition) is 4. The molecule has 1 aliphatic heterocycles. The number of piperidine rings is 1. The molecular formula is C19H25NO3. The van der Waals surface area contributed by atoms with Gasteiger partial charge in [-0.15, -0.1) is 0 Å². The van der Waals surface area contributed by atoms with Crippen LogP contribution in [-0.2, 0) is 16.6 Å². The van der Waals surface area contributed by atoms with E-state index in [1.807, 2.05) is 6.07 Å². The maximum absolute atomic E-state index is 12.2. The van der Waals surface area contributed by atoms with Gasteiger partial charge in [-0.05, 0) is 50.4 Å². The monoisotopic (exact) mass is 315 g/mol. The molecule has 4 nitrogen and oxygen atoms in total. The fourth-order valence-electron chi connectivity index (χ4n) is 5.40. The Balaban J connectivity index is 1.95. The van der Waals surface area contributed by atoms with Crippen molar-refractivity contribution in [1.82, 2.24) is 4.90 Å². The third-order valence-corrected chi connectivity index (χ3v) is 6.51. The molecule has 0 spiro atoms. The Morgan fingerprint density at radius 1 is 1.17 bits per heavy atom. The predicted molar refractivity (Wildman–Crippen MR) is 88.3 cm³/mol. The van der Waals surface area contributed by atoms with Crippen molar-refractivity contribution >= 4 is 5.78 Å². The van der Waals surface area contributed by atoms with Crippen LogP contribution in [0.25, 0.3) is 0 Å². The Kier molecular flexibility index (Phi) is 3.41. The van der Waals surface area contributed by atoms with E-state index in [9.17, 15) is 4.79 Å². The van der Waals surface area contributed by atoms with Crippen LogP contribution in [0.3, 0.4) is 0 Å². The molecule has 1 aromatic carbocycles. The summed E-state index contributed by atoms with van der Waals surface area (Å²) >= 11 is 0. The molecule has 3 aliphatic rings. The van der Waals surface area contributed by atoms with Gasteiger partial charge in [0.2, 0.25) is 0 Å². The molecule has 1 saturated carbocycles. The minimum absolute atomic E-state index is 0.0819. The normalized spacial score (nSPS) is 32.9. The topological polar surface area (TPSA) is 38.8 Å². The quantitative estimate of drug-likeness (QED) is 0.841. The number of rotatable bonds is 2. The van der Waals surface area contributed by atoms with E-state index in [1.165, 1.54) is 11.1 Å². The Bertz CT molecular complexity index is 656. The van der Waals surface area contributed by atoms with Gasteiger partial charge in [-0.1, -0.05) is 6.07 Å². The summed E-state index contributed by atoms with van der Waals surface area (Å²) in [7, 11) is 5.64. The van der Waals surface area contributed by atoms with Crippen molar-refractivity contribution in [3.63, 3.8) is 0 Å². The fraction of sp³-hybridized carbons (Fsp3) is 0.632. The van der Waals surface area contributed by atoms with Gasteiger partial charge >= 0.3 is 0 Å². The highest BCUT2D eigenvalue weighted by atomic mass is 16.5. The smallest absolute Gasteiger partial charge is 0.164 e. The zero-order chi connectivity index (χ0) is 16.2. The van der Waals surface area contributed by atoms with Gasteiger partial charge in [-0.25, -0.2) is 0 Å². The van der Waals surface area contributed by atoms with E-state index in [2.05, 4.69) is 18.0 Å². The Morgan fingerprint density at radius 2 is 2.00 bits per heavy atom. The van der Waals surface area contributed by atoms with E-state index in [0.29, 0.717) is 24.2 Å². The zero-order valence-corrected chi connectivity index (χ0v) is 14.2. The number of likely N-dealkylation sites (tertiary alicyclic amines) is 1. The molecule has 0 amide bonds. The maximum Gasteiger partial charge on any atom is 0.164 e. The molecule has 23 heavy (non-hydrogen) atoms. The molecule has 0 aromatic heterocycles. The number of likely N-dealkylation sites (N-methyl/N-ethyl adjacent to an activating group) is 1. The van der Waals surface area contributed by atoms with Crippen LogP contribution in [0.1, 0.15) is 36.8 Å². The van der Waals surface area contributed by atoms with Gasteiger partial charge in [0.05, 0.1) is 14.2 Å². The average molecular weight is 315 g/mol. The number of carbonyl (C=O) groups excluding carboxylic acids is 1. The van der Waals surface area contributed by atoms with Crippen LogP contribution in [0.4, 0.5) is 0 Å². The zero-order valence-electron chi connectivity index (χ0n) is 14.2. The van der Waals surface area contributed by atoms with Crippen LogP contribution in [0, 0.1) is 5.92 Å². The molecule has 1 saturated heterocycles. The summed E-state index contributed by atoms with van der Waals surface area (Å²) in [6.07, 6.45) is 4.49. The van der Waals surface area contributed by atoms with Gasteiger partial charge in [0, 0.05) is 29.9 Å². The first-order valence-corrected chi connectivity index (χ1v) is 8.57. The minimum atomic E-state index is 0.0819. The lowest BCUT2D eigenvalue weighted by Crippen LogP contribution is -2.60. The molecule has 2 fully saturated rings. The molecule has 1 heterocycles. The van der Waals surface area contributed by atoms with Crippen molar-refractivity contribution in [2.45, 2.75) is 43.6 Å². The number of ketones is 1. The molecule has 4 rings (SSSR count). The van der Waals surface area contributed by atoms with Crippen molar-refractivity contribution in [2.75, 3.05) is 27.8 Å². The average Bonchev–Trinajstić information content (AvgIpc) is 2.57. The van der Waals surface area contributed by atoms with Crippen LogP contribution in [0.15, 0.2) is 12.1 Å². The second kappa shape index (κ2) is 5.23. The third-order valence-electron chi connectivity index (χ3n) is 6.51. The first kappa shape index (κ1) is 15.0. The number of ether oxygens (including phenoxy) is 2. The maximum atomic E-state index is 12.2. The molecule has 0 radical (unpaired) electrons. The Hall–Kier alpha value is -1.55. The molecule has 3 atom stereocenters. The van der Waals surface area contributed by atoms with Crippen molar-refractivity contribution < 1.29 is 14.3 Å². The summed E-state index contributed by atoms with van der Waals surface area (Å²) in [6, 6.07) is 4.70. The lowest BCUT2D eigenvalue weighted by molar-refractivity contribution is -0.127. The van der Waals surface area contributed by atoms with E-state index in [4.69, 9.17) is 9.47 Å². The molecule has 124 valence electrons. The van der Waals surface area contributed by atoms with Gasteiger partial charge in [0.15, 0.2) is 11.5 Å². The van der Waals surface area contributed by atoms with Gasteiger partial charge in [0.25, 0.3) is 0 Å². The van der Waals surface area contributed by atoms with E-state index < -0.39 is 0 Å². The molecule has 0 N–H and O–H groups in total. The first-order chi connectivity index (χ1) is 11.1. The Labute approximate surface area is 137 Å². The number of nitrogens with zero attached hydrogens (tertiary/aromatic N) is 1. The third kappa shape index (κ3) is 1.97. The highest BCUT2D eigenvalue weighted by molar-refractivity contribution is 5.81. The molecule has 1 aromatic rings. The van der Waals surface area contributed by atoms with Crippen molar-refractivity contribution in [1.29, 1.82) is 0 Å². The summed E-state index contributed by atoms with van der Waals surface area (Å²) in [5, 5.41) is 0. The predicted octanol–water partition coefficient (Wildman–Crippen LogP) is 2.57. The fourth-order valence-corrected chi connectivity index (χ4v) is 5.40. The molecule has 2 aliphatic carbocycles. The molecule has 2 bridgehead atoms. The number of benzene rings is 1. The van der Waals surface area contributed by atoms with E-state index in [0.717, 1.165) is 43.7 Å². The van der Waals surface area contributed by atoms with Gasteiger partial charge in [-0.3, -0.25) is 4.79 Å². The number of methoxy groups -OCH3 is 2. The second-order valence-corrected chi connectivity index (χ2v) is 7.34. The summed E-state index contributed by atoms with van der Waals surface area (Å²) in [4.78, 5) is 14.6. The summed E-state index contributed by atoms with van der Waals surface area (Å²) in [6.45, 7) is 1.09. The summed E-state index contributed by atoms with van der Waals surface area (Å²) in [5.41, 5.74) is 2.80. The summed E-state index contributed by atoms with van der Waals surface area (Å²) < 4.78 is 11.4. The lowest BCUT2D eigenvalue weighted by atomic mass is 9.52. The minimum Gasteiger partial charge on any atom is -0.493 e. The molecule has 0 unspecified atom stereocenters. The lowest BCUT2D eigenvalue weighted by Gasteiger charge is -2.58. The molecular weight excluding hydrogens is 290 g/mol. The number of hydrogen-bond donors (Lipinski definition) is 0. The van der Waals surface area contributed by atoms with Crippen LogP contribution in [-0.4, -0.2) is 44.5 Å². The summed E-state index contributed by atoms with van der Waals surface area (Å²) in [5.74, 6) is 2.55. The van der Waals surface area contributed by atoms with Crippen molar-refractivity contribution in [2.24, 2.45) is 5.92 Å².